The minimum Gasteiger partial charge on any atom is -0.493 e. The molecule has 1 N–H and O–H groups in total. The molecule has 2 unspecified atom stereocenters. The monoisotopic (exact) mass is 235 g/mol. The molecule has 0 amide bonds. The number of rotatable bonds is 5. The third-order valence-corrected chi connectivity index (χ3v) is 3.30. The van der Waals surface area contributed by atoms with Crippen LogP contribution >= 0.6 is 0 Å². The van der Waals surface area contributed by atoms with E-state index in [1.54, 1.807) is 0 Å². The Morgan fingerprint density at radius 2 is 2.41 bits per heavy atom. The fourth-order valence-electron chi connectivity index (χ4n) is 1.97. The van der Waals surface area contributed by atoms with Gasteiger partial charge in [-0.3, -0.25) is 0 Å². The van der Waals surface area contributed by atoms with Crippen LogP contribution in [-0.2, 0) is 4.74 Å². The summed E-state index contributed by atoms with van der Waals surface area (Å²) in [6, 6.07) is 8.64. The maximum Gasteiger partial charge on any atom is 0.119 e. The maximum atomic E-state index is 5.82. The van der Waals surface area contributed by atoms with Gasteiger partial charge in [-0.05, 0) is 38.1 Å². The van der Waals surface area contributed by atoms with Gasteiger partial charge in [-0.2, -0.15) is 0 Å². The number of benzene rings is 1. The zero-order valence-corrected chi connectivity index (χ0v) is 10.6. The van der Waals surface area contributed by atoms with Crippen LogP contribution in [0, 0.1) is 5.92 Å². The first-order valence-electron chi connectivity index (χ1n) is 6.27. The maximum absolute atomic E-state index is 5.82. The summed E-state index contributed by atoms with van der Waals surface area (Å²) in [5.41, 5.74) is 1.26. The van der Waals surface area contributed by atoms with E-state index in [4.69, 9.17) is 9.47 Å². The number of hydrogen-bond acceptors (Lipinski definition) is 3. The number of ether oxygens (including phenoxy) is 2. The minimum absolute atomic E-state index is 0.355. The van der Waals surface area contributed by atoms with Crippen molar-refractivity contribution in [2.45, 2.75) is 19.4 Å². The first kappa shape index (κ1) is 12.4. The van der Waals surface area contributed by atoms with Crippen molar-refractivity contribution in [3.05, 3.63) is 29.8 Å². The highest BCUT2D eigenvalue weighted by molar-refractivity contribution is 5.30. The Hall–Kier alpha value is -1.06. The van der Waals surface area contributed by atoms with Crippen LogP contribution in [0.1, 0.15) is 24.9 Å². The second-order valence-corrected chi connectivity index (χ2v) is 4.62. The fourth-order valence-corrected chi connectivity index (χ4v) is 1.97. The normalized spacial score (nSPS) is 21.4. The fraction of sp³-hybridized carbons (Fsp3) is 0.571. The predicted octanol–water partition coefficient (Wildman–Crippen LogP) is 2.38. The second kappa shape index (κ2) is 6.03. The van der Waals surface area contributed by atoms with Gasteiger partial charge < -0.3 is 14.8 Å². The van der Waals surface area contributed by atoms with Gasteiger partial charge in [-0.1, -0.05) is 12.1 Å². The molecule has 94 valence electrons. The van der Waals surface area contributed by atoms with Crippen LogP contribution in [0.25, 0.3) is 0 Å². The third-order valence-electron chi connectivity index (χ3n) is 3.30. The van der Waals surface area contributed by atoms with Crippen LogP contribution in [0.4, 0.5) is 0 Å². The molecule has 1 fully saturated rings. The van der Waals surface area contributed by atoms with Gasteiger partial charge in [0.1, 0.15) is 5.75 Å². The SMILES string of the molecule is CNC(C)c1cccc(OCC2CCOC2)c1. The van der Waals surface area contributed by atoms with Crippen LogP contribution in [0.2, 0.25) is 0 Å². The summed E-state index contributed by atoms with van der Waals surface area (Å²) in [5.74, 6) is 1.51. The highest BCUT2D eigenvalue weighted by Gasteiger charge is 2.16. The van der Waals surface area contributed by atoms with Crippen LogP contribution in [0.5, 0.6) is 5.75 Å². The molecule has 1 aliphatic heterocycles. The van der Waals surface area contributed by atoms with Crippen molar-refractivity contribution in [2.24, 2.45) is 5.92 Å². The number of nitrogens with one attached hydrogen (secondary N) is 1. The molecule has 1 saturated heterocycles. The molecule has 0 saturated carbocycles. The molecule has 1 aliphatic rings. The van der Waals surface area contributed by atoms with Crippen molar-refractivity contribution in [3.63, 3.8) is 0 Å². The molecule has 0 spiro atoms. The molecule has 2 rings (SSSR count). The smallest absolute Gasteiger partial charge is 0.119 e. The Bertz CT molecular complexity index is 348. The average molecular weight is 235 g/mol. The lowest BCUT2D eigenvalue weighted by atomic mass is 10.1. The predicted molar refractivity (Wildman–Crippen MR) is 68.3 cm³/mol. The summed E-state index contributed by atoms with van der Waals surface area (Å²) in [6.07, 6.45) is 1.12. The van der Waals surface area contributed by atoms with Crippen molar-refractivity contribution in [1.82, 2.24) is 5.32 Å². The van der Waals surface area contributed by atoms with E-state index in [0.717, 1.165) is 32.0 Å². The molecule has 0 aliphatic carbocycles. The molecular formula is C14H21NO2. The molecule has 1 aromatic rings. The summed E-state index contributed by atoms with van der Waals surface area (Å²) in [4.78, 5) is 0. The van der Waals surface area contributed by atoms with Crippen molar-refractivity contribution < 1.29 is 9.47 Å². The van der Waals surface area contributed by atoms with Gasteiger partial charge in [-0.15, -0.1) is 0 Å². The van der Waals surface area contributed by atoms with Gasteiger partial charge in [0, 0.05) is 18.6 Å². The molecule has 1 aromatic carbocycles. The highest BCUT2D eigenvalue weighted by atomic mass is 16.5. The third kappa shape index (κ3) is 3.45. The first-order chi connectivity index (χ1) is 8.29. The van der Waals surface area contributed by atoms with Crippen LogP contribution < -0.4 is 10.1 Å². The van der Waals surface area contributed by atoms with Gasteiger partial charge in [0.2, 0.25) is 0 Å². The molecule has 0 aromatic heterocycles. The molecule has 2 atom stereocenters. The molecule has 3 nitrogen and oxygen atoms in total. The molecular weight excluding hydrogens is 214 g/mol. The van der Waals surface area contributed by atoms with E-state index in [2.05, 4.69) is 24.4 Å². The van der Waals surface area contributed by atoms with E-state index in [1.807, 2.05) is 19.2 Å². The Kier molecular flexibility index (Phi) is 4.40. The zero-order valence-electron chi connectivity index (χ0n) is 10.6. The lowest BCUT2D eigenvalue weighted by Crippen LogP contribution is -2.13. The van der Waals surface area contributed by atoms with Crippen LogP contribution in [0.15, 0.2) is 24.3 Å². The van der Waals surface area contributed by atoms with Crippen molar-refractivity contribution in [3.8, 4) is 5.75 Å². The minimum atomic E-state index is 0.355. The van der Waals surface area contributed by atoms with Gasteiger partial charge in [0.05, 0.1) is 13.2 Å². The Morgan fingerprint density at radius 1 is 1.53 bits per heavy atom. The largest absolute Gasteiger partial charge is 0.493 e. The van der Waals surface area contributed by atoms with E-state index < -0.39 is 0 Å². The molecule has 3 heteroatoms. The zero-order chi connectivity index (χ0) is 12.1. The van der Waals surface area contributed by atoms with Crippen molar-refractivity contribution >= 4 is 0 Å². The lowest BCUT2D eigenvalue weighted by Gasteiger charge is -2.14. The van der Waals surface area contributed by atoms with Gasteiger partial charge >= 0.3 is 0 Å². The molecule has 17 heavy (non-hydrogen) atoms. The van der Waals surface area contributed by atoms with Crippen molar-refractivity contribution in [1.29, 1.82) is 0 Å². The average Bonchev–Trinajstić information content (AvgIpc) is 2.89. The highest BCUT2D eigenvalue weighted by Crippen LogP contribution is 2.20. The van der Waals surface area contributed by atoms with Crippen LogP contribution in [-0.4, -0.2) is 26.9 Å². The Morgan fingerprint density at radius 3 is 3.12 bits per heavy atom. The van der Waals surface area contributed by atoms with E-state index in [-0.39, 0.29) is 0 Å². The topological polar surface area (TPSA) is 30.5 Å². The summed E-state index contributed by atoms with van der Waals surface area (Å²) in [6.45, 7) is 4.62. The van der Waals surface area contributed by atoms with Crippen molar-refractivity contribution in [2.75, 3.05) is 26.9 Å². The Labute approximate surface area is 103 Å². The Balaban J connectivity index is 1.91. The summed E-state index contributed by atoms with van der Waals surface area (Å²) in [7, 11) is 1.97. The summed E-state index contributed by atoms with van der Waals surface area (Å²) >= 11 is 0. The summed E-state index contributed by atoms with van der Waals surface area (Å²) < 4.78 is 11.2. The van der Waals surface area contributed by atoms with E-state index >= 15 is 0 Å². The first-order valence-corrected chi connectivity index (χ1v) is 6.27. The lowest BCUT2D eigenvalue weighted by molar-refractivity contribution is 0.167. The standard InChI is InChI=1S/C14H21NO2/c1-11(15-2)13-4-3-5-14(8-13)17-10-12-6-7-16-9-12/h3-5,8,11-12,15H,6-7,9-10H2,1-2H3. The van der Waals surface area contributed by atoms with Gasteiger partial charge in [-0.25, -0.2) is 0 Å². The molecule has 0 bridgehead atoms. The number of hydrogen-bond donors (Lipinski definition) is 1. The van der Waals surface area contributed by atoms with Gasteiger partial charge in [0.25, 0.3) is 0 Å². The molecule has 1 heterocycles. The summed E-state index contributed by atoms with van der Waals surface area (Å²) in [5, 5.41) is 3.23. The second-order valence-electron chi connectivity index (χ2n) is 4.62. The van der Waals surface area contributed by atoms with Gasteiger partial charge in [0.15, 0.2) is 0 Å². The quantitative estimate of drug-likeness (QED) is 0.850. The van der Waals surface area contributed by atoms with E-state index in [9.17, 15) is 0 Å². The van der Waals surface area contributed by atoms with E-state index in [0.29, 0.717) is 12.0 Å². The van der Waals surface area contributed by atoms with Crippen LogP contribution in [0.3, 0.4) is 0 Å². The molecule has 0 radical (unpaired) electrons. The van der Waals surface area contributed by atoms with E-state index in [1.165, 1.54) is 5.56 Å².